The Morgan fingerprint density at radius 2 is 1.80 bits per heavy atom. The molecule has 30 heavy (non-hydrogen) atoms. The van der Waals surface area contributed by atoms with E-state index in [9.17, 15) is 4.79 Å². The van der Waals surface area contributed by atoms with Gasteiger partial charge in [-0.15, -0.1) is 0 Å². The summed E-state index contributed by atoms with van der Waals surface area (Å²) in [6, 6.07) is 11.8. The van der Waals surface area contributed by atoms with Gasteiger partial charge in [-0.1, -0.05) is 30.3 Å². The first-order valence-electron chi connectivity index (χ1n) is 10.2. The lowest BCUT2D eigenvalue weighted by atomic mass is 9.87. The molecule has 8 nitrogen and oxygen atoms in total. The highest BCUT2D eigenvalue weighted by Crippen LogP contribution is 2.39. The van der Waals surface area contributed by atoms with Crippen LogP contribution in [0, 0.1) is 5.41 Å². The van der Waals surface area contributed by atoms with Crippen molar-refractivity contribution in [1.29, 1.82) is 0 Å². The molecule has 160 valence electrons. The number of aromatic nitrogens is 2. The summed E-state index contributed by atoms with van der Waals surface area (Å²) in [5.74, 6) is 1.56. The molecule has 1 aromatic carbocycles. The fourth-order valence-corrected chi connectivity index (χ4v) is 4.30. The maximum absolute atomic E-state index is 13.0. The number of ether oxygens (including phenoxy) is 3. The summed E-state index contributed by atoms with van der Waals surface area (Å²) in [4.78, 5) is 26.0. The number of hydrogen-bond acceptors (Lipinski definition) is 7. The zero-order valence-corrected chi connectivity index (χ0v) is 17.7. The molecule has 1 amide bonds. The summed E-state index contributed by atoms with van der Waals surface area (Å²) < 4.78 is 16.5. The van der Waals surface area contributed by atoms with E-state index in [2.05, 4.69) is 33.9 Å². The fraction of sp³-hybridized carbons (Fsp3) is 0.500. The molecule has 2 aliphatic rings. The largest absolute Gasteiger partial charge is 0.481 e. The molecule has 2 atom stereocenters. The van der Waals surface area contributed by atoms with E-state index in [4.69, 9.17) is 14.2 Å². The first-order valence-corrected chi connectivity index (χ1v) is 10.2. The number of amides is 1. The summed E-state index contributed by atoms with van der Waals surface area (Å²) in [5.41, 5.74) is 0.825. The monoisotopic (exact) mass is 412 g/mol. The predicted molar refractivity (Wildman–Crippen MR) is 112 cm³/mol. The Morgan fingerprint density at radius 1 is 1.10 bits per heavy atom. The van der Waals surface area contributed by atoms with Crippen LogP contribution in [-0.2, 0) is 9.53 Å². The standard InChI is InChI=1S/C22H28N4O4/c1-16(17-7-5-4-6-8-17)26-14-22(12-20(26)27)13-25(9-10-30-15-22)21-23-18(28-2)11-19(24-21)29-3/h4-8,11,16H,9-10,12-15H2,1-3H3/t16-,22-/m1/s1. The zero-order chi connectivity index (χ0) is 21.1. The van der Waals surface area contributed by atoms with Gasteiger partial charge in [-0.25, -0.2) is 0 Å². The third-order valence-corrected chi connectivity index (χ3v) is 5.91. The molecule has 3 heterocycles. The van der Waals surface area contributed by atoms with Gasteiger partial charge in [0, 0.05) is 31.5 Å². The summed E-state index contributed by atoms with van der Waals surface area (Å²) in [7, 11) is 3.13. The Balaban J connectivity index is 1.58. The number of methoxy groups -OCH3 is 2. The van der Waals surface area contributed by atoms with Crippen molar-refractivity contribution in [3.63, 3.8) is 0 Å². The van der Waals surface area contributed by atoms with Gasteiger partial charge >= 0.3 is 0 Å². The Morgan fingerprint density at radius 3 is 2.47 bits per heavy atom. The van der Waals surface area contributed by atoms with Crippen LogP contribution in [-0.4, -0.2) is 67.8 Å². The molecular formula is C22H28N4O4. The van der Waals surface area contributed by atoms with Crippen LogP contribution in [0.25, 0.3) is 0 Å². The van der Waals surface area contributed by atoms with Gasteiger partial charge in [0.2, 0.25) is 23.6 Å². The van der Waals surface area contributed by atoms with Crippen LogP contribution >= 0.6 is 0 Å². The van der Waals surface area contributed by atoms with Crippen molar-refractivity contribution in [3.05, 3.63) is 42.0 Å². The number of anilines is 1. The van der Waals surface area contributed by atoms with Gasteiger partial charge in [0.25, 0.3) is 0 Å². The molecule has 2 aromatic rings. The van der Waals surface area contributed by atoms with Gasteiger partial charge in [-0.2, -0.15) is 9.97 Å². The first kappa shape index (κ1) is 20.4. The summed E-state index contributed by atoms with van der Waals surface area (Å²) in [5, 5.41) is 0. The fourth-order valence-electron chi connectivity index (χ4n) is 4.30. The van der Waals surface area contributed by atoms with Crippen LogP contribution < -0.4 is 14.4 Å². The summed E-state index contributed by atoms with van der Waals surface area (Å²) >= 11 is 0. The lowest BCUT2D eigenvalue weighted by molar-refractivity contribution is -0.129. The zero-order valence-electron chi connectivity index (χ0n) is 17.7. The molecule has 2 saturated heterocycles. The highest BCUT2D eigenvalue weighted by atomic mass is 16.5. The van der Waals surface area contributed by atoms with E-state index in [1.165, 1.54) is 0 Å². The van der Waals surface area contributed by atoms with Gasteiger partial charge in [-0.3, -0.25) is 4.79 Å². The normalized spacial score (nSPS) is 22.8. The van der Waals surface area contributed by atoms with Crippen LogP contribution in [0.4, 0.5) is 5.95 Å². The van der Waals surface area contributed by atoms with Crippen LogP contribution in [0.1, 0.15) is 24.9 Å². The van der Waals surface area contributed by atoms with E-state index in [0.29, 0.717) is 57.0 Å². The molecule has 4 rings (SSSR count). The van der Waals surface area contributed by atoms with E-state index < -0.39 is 0 Å². The average molecular weight is 412 g/mol. The number of benzene rings is 1. The topological polar surface area (TPSA) is 77.0 Å². The molecule has 1 aromatic heterocycles. The first-order chi connectivity index (χ1) is 14.5. The maximum atomic E-state index is 13.0. The second-order valence-electron chi connectivity index (χ2n) is 8.01. The van der Waals surface area contributed by atoms with E-state index >= 15 is 0 Å². The van der Waals surface area contributed by atoms with Gasteiger partial charge in [0.05, 0.1) is 39.5 Å². The molecule has 0 N–H and O–H groups in total. The second-order valence-corrected chi connectivity index (χ2v) is 8.01. The quantitative estimate of drug-likeness (QED) is 0.746. The highest BCUT2D eigenvalue weighted by Gasteiger charge is 2.47. The third kappa shape index (κ3) is 4.05. The number of carbonyl (C=O) groups is 1. The van der Waals surface area contributed by atoms with Gasteiger partial charge in [0.1, 0.15) is 0 Å². The van der Waals surface area contributed by atoms with Crippen LogP contribution in [0.2, 0.25) is 0 Å². The molecule has 0 bridgehead atoms. The van der Waals surface area contributed by atoms with Crippen molar-refractivity contribution in [2.24, 2.45) is 5.41 Å². The molecule has 8 heteroatoms. The molecule has 2 fully saturated rings. The minimum atomic E-state index is -0.309. The molecular weight excluding hydrogens is 384 g/mol. The van der Waals surface area contributed by atoms with Gasteiger partial charge in [0.15, 0.2) is 0 Å². The minimum Gasteiger partial charge on any atom is -0.481 e. The predicted octanol–water partition coefficient (Wildman–Crippen LogP) is 2.31. The lowest BCUT2D eigenvalue weighted by Gasteiger charge is -2.33. The van der Waals surface area contributed by atoms with Crippen molar-refractivity contribution in [2.75, 3.05) is 52.0 Å². The SMILES string of the molecule is COc1cc(OC)nc(N2CCOC[C@]3(CC(=O)N([C@H](C)c4ccccc4)C3)C2)n1. The van der Waals surface area contributed by atoms with Crippen molar-refractivity contribution >= 4 is 11.9 Å². The number of rotatable bonds is 5. The second kappa shape index (κ2) is 8.47. The van der Waals surface area contributed by atoms with Gasteiger partial charge in [-0.05, 0) is 12.5 Å². The Hall–Kier alpha value is -2.87. The third-order valence-electron chi connectivity index (χ3n) is 5.91. The molecule has 0 radical (unpaired) electrons. The molecule has 0 saturated carbocycles. The summed E-state index contributed by atoms with van der Waals surface area (Å²) in [6.45, 7) is 5.08. The van der Waals surface area contributed by atoms with Crippen LogP contribution in [0.3, 0.4) is 0 Å². The molecule has 2 aliphatic heterocycles. The van der Waals surface area contributed by atoms with Crippen molar-refractivity contribution in [1.82, 2.24) is 14.9 Å². The van der Waals surface area contributed by atoms with E-state index in [1.807, 2.05) is 23.1 Å². The highest BCUT2D eigenvalue weighted by molar-refractivity contribution is 5.80. The minimum absolute atomic E-state index is 0.0166. The summed E-state index contributed by atoms with van der Waals surface area (Å²) in [6.07, 6.45) is 0.446. The molecule has 0 unspecified atom stereocenters. The smallest absolute Gasteiger partial charge is 0.232 e. The Bertz CT molecular complexity index is 872. The molecule has 1 spiro atoms. The van der Waals surface area contributed by atoms with Crippen molar-refractivity contribution < 1.29 is 19.0 Å². The molecule has 0 aliphatic carbocycles. The van der Waals surface area contributed by atoms with Crippen molar-refractivity contribution in [2.45, 2.75) is 19.4 Å². The lowest BCUT2D eigenvalue weighted by Crippen LogP contribution is -2.41. The van der Waals surface area contributed by atoms with E-state index in [-0.39, 0.29) is 17.4 Å². The number of likely N-dealkylation sites (tertiary alicyclic amines) is 1. The number of nitrogens with zero attached hydrogens (tertiary/aromatic N) is 4. The van der Waals surface area contributed by atoms with Crippen LogP contribution in [0.5, 0.6) is 11.8 Å². The van der Waals surface area contributed by atoms with Crippen molar-refractivity contribution in [3.8, 4) is 11.8 Å². The van der Waals surface area contributed by atoms with Crippen LogP contribution in [0.15, 0.2) is 36.4 Å². The van der Waals surface area contributed by atoms with E-state index in [0.717, 1.165) is 5.56 Å². The Kier molecular flexibility index (Phi) is 5.76. The number of carbonyl (C=O) groups excluding carboxylic acids is 1. The Labute approximate surface area is 176 Å². The maximum Gasteiger partial charge on any atom is 0.232 e. The number of hydrogen-bond donors (Lipinski definition) is 0. The average Bonchev–Trinajstić information content (AvgIpc) is 2.96. The van der Waals surface area contributed by atoms with E-state index in [1.54, 1.807) is 20.3 Å². The van der Waals surface area contributed by atoms with Gasteiger partial charge < -0.3 is 24.0 Å².